The van der Waals surface area contributed by atoms with Gasteiger partial charge in [-0.05, 0) is 43.4 Å². The van der Waals surface area contributed by atoms with Crippen molar-refractivity contribution in [3.63, 3.8) is 0 Å². The molecule has 0 unspecified atom stereocenters. The Bertz CT molecular complexity index is 1330. The number of hydrogen-bond acceptors (Lipinski definition) is 6. The van der Waals surface area contributed by atoms with Crippen LogP contribution in [-0.4, -0.2) is 60.4 Å². The van der Waals surface area contributed by atoms with Crippen LogP contribution in [0.2, 0.25) is 0 Å². The molecule has 1 aliphatic heterocycles. The van der Waals surface area contributed by atoms with Gasteiger partial charge in [0.1, 0.15) is 18.1 Å². The summed E-state index contributed by atoms with van der Waals surface area (Å²) in [5, 5.41) is 4.80. The van der Waals surface area contributed by atoms with Crippen LogP contribution in [0.15, 0.2) is 30.6 Å². The van der Waals surface area contributed by atoms with E-state index >= 15 is 0 Å². The van der Waals surface area contributed by atoms with Gasteiger partial charge in [-0.15, -0.1) is 0 Å². The van der Waals surface area contributed by atoms with Crippen LogP contribution in [0.25, 0.3) is 22.0 Å². The van der Waals surface area contributed by atoms with Crippen molar-refractivity contribution in [1.29, 1.82) is 0 Å². The first kappa shape index (κ1) is 22.2. The number of ketones is 2. The Morgan fingerprint density at radius 3 is 2.44 bits per heavy atom. The molecular weight excluding hydrogens is 451 g/mol. The SMILES string of the molecule is CC(=O)c1nn(CC(=O)[C@@H]2C[C@H]3C[C@H]3N2C(=O)C(F)(F)F)c2ccc(-c3cnc(C)nc3)cc12. The molecule has 2 aliphatic rings. The molecule has 3 aromatic rings. The van der Waals surface area contributed by atoms with Gasteiger partial charge in [0.25, 0.3) is 0 Å². The minimum atomic E-state index is -5.04. The highest BCUT2D eigenvalue weighted by atomic mass is 19.4. The van der Waals surface area contributed by atoms with Crippen molar-refractivity contribution in [3.8, 4) is 11.1 Å². The van der Waals surface area contributed by atoms with Crippen LogP contribution < -0.4 is 0 Å². The molecule has 3 heterocycles. The van der Waals surface area contributed by atoms with Crippen LogP contribution in [0.1, 0.15) is 36.1 Å². The number of fused-ring (bicyclic) bond motifs is 2. The zero-order valence-corrected chi connectivity index (χ0v) is 18.3. The smallest absolute Gasteiger partial charge is 0.321 e. The number of benzene rings is 1. The minimum Gasteiger partial charge on any atom is -0.321 e. The van der Waals surface area contributed by atoms with Gasteiger partial charge in [-0.25, -0.2) is 9.97 Å². The number of hydrogen-bond donors (Lipinski definition) is 0. The number of likely N-dealkylation sites (tertiary alicyclic amines) is 1. The number of aromatic nitrogens is 4. The lowest BCUT2D eigenvalue weighted by atomic mass is 10.0. The molecule has 0 radical (unpaired) electrons. The van der Waals surface area contributed by atoms with E-state index in [0.29, 0.717) is 28.0 Å². The average Bonchev–Trinajstić information content (AvgIpc) is 3.30. The largest absolute Gasteiger partial charge is 0.471 e. The van der Waals surface area contributed by atoms with E-state index in [0.717, 1.165) is 11.1 Å². The van der Waals surface area contributed by atoms with Gasteiger partial charge in [0.15, 0.2) is 11.6 Å². The zero-order chi connectivity index (χ0) is 24.4. The number of carbonyl (C=O) groups excluding carboxylic acids is 3. The predicted octanol–water partition coefficient (Wildman–Crippen LogP) is 3.13. The summed E-state index contributed by atoms with van der Waals surface area (Å²) < 4.78 is 40.6. The summed E-state index contributed by atoms with van der Waals surface area (Å²) in [4.78, 5) is 46.3. The molecule has 1 saturated heterocycles. The summed E-state index contributed by atoms with van der Waals surface area (Å²) in [6.07, 6.45) is -1.03. The molecule has 176 valence electrons. The van der Waals surface area contributed by atoms with E-state index in [2.05, 4.69) is 15.1 Å². The van der Waals surface area contributed by atoms with Crippen molar-refractivity contribution in [1.82, 2.24) is 24.6 Å². The number of alkyl halides is 3. The Kier molecular flexibility index (Phi) is 5.03. The van der Waals surface area contributed by atoms with Gasteiger partial charge in [-0.2, -0.15) is 18.3 Å². The number of rotatable bonds is 5. The van der Waals surface area contributed by atoms with Crippen LogP contribution >= 0.6 is 0 Å². The van der Waals surface area contributed by atoms with E-state index in [1.165, 1.54) is 11.6 Å². The van der Waals surface area contributed by atoms with Gasteiger partial charge in [-0.3, -0.25) is 19.1 Å². The maximum absolute atomic E-state index is 13.1. The van der Waals surface area contributed by atoms with Gasteiger partial charge in [-0.1, -0.05) is 6.07 Å². The summed E-state index contributed by atoms with van der Waals surface area (Å²) in [6, 6.07) is 3.53. The Morgan fingerprint density at radius 1 is 1.09 bits per heavy atom. The molecule has 5 rings (SSSR count). The Morgan fingerprint density at radius 2 is 1.79 bits per heavy atom. The van der Waals surface area contributed by atoms with Gasteiger partial charge in [0.05, 0.1) is 11.6 Å². The van der Waals surface area contributed by atoms with E-state index < -0.39 is 30.0 Å². The molecule has 1 aliphatic carbocycles. The van der Waals surface area contributed by atoms with Crippen LogP contribution in [0.4, 0.5) is 13.2 Å². The monoisotopic (exact) mass is 471 g/mol. The Balaban J connectivity index is 1.47. The number of Topliss-reactive ketones (excluding diaryl/α,β-unsaturated/α-hetero) is 2. The number of nitrogens with zero attached hydrogens (tertiary/aromatic N) is 5. The molecule has 2 fully saturated rings. The predicted molar refractivity (Wildman–Crippen MR) is 114 cm³/mol. The minimum absolute atomic E-state index is 0.0818. The second-order valence-electron chi connectivity index (χ2n) is 8.80. The quantitative estimate of drug-likeness (QED) is 0.531. The molecule has 11 heteroatoms. The van der Waals surface area contributed by atoms with Crippen LogP contribution in [0, 0.1) is 12.8 Å². The fourth-order valence-corrected chi connectivity index (χ4v) is 4.72. The van der Waals surface area contributed by atoms with Crippen molar-refractivity contribution in [2.75, 3.05) is 0 Å². The first-order valence-corrected chi connectivity index (χ1v) is 10.8. The molecule has 1 aromatic carbocycles. The van der Waals surface area contributed by atoms with Crippen molar-refractivity contribution in [2.45, 2.75) is 51.5 Å². The number of carbonyl (C=O) groups is 3. The van der Waals surface area contributed by atoms with Crippen molar-refractivity contribution in [2.24, 2.45) is 5.92 Å². The van der Waals surface area contributed by atoms with Crippen molar-refractivity contribution < 1.29 is 27.6 Å². The standard InChI is InChI=1S/C23H20F3N5O3/c1-11(32)21-16-5-13(15-8-27-12(2)28-9-15)3-4-17(16)30(29-21)10-20(33)19-7-14-6-18(14)31(19)22(34)23(24,25)26/h3-5,8-9,14,18-19H,6-7,10H2,1-2H3/t14-,18-,19+/m1/s1. The zero-order valence-electron chi connectivity index (χ0n) is 18.3. The molecular formula is C23H20F3N5O3. The number of halogens is 3. The van der Waals surface area contributed by atoms with Crippen LogP contribution in [0.5, 0.6) is 0 Å². The average molecular weight is 471 g/mol. The third-order valence-electron chi connectivity index (χ3n) is 6.46. The topological polar surface area (TPSA) is 98.1 Å². The molecule has 2 aromatic heterocycles. The van der Waals surface area contributed by atoms with Crippen LogP contribution in [0.3, 0.4) is 0 Å². The lowest BCUT2D eigenvalue weighted by Gasteiger charge is -2.27. The maximum Gasteiger partial charge on any atom is 0.471 e. The van der Waals surface area contributed by atoms with Crippen molar-refractivity contribution >= 4 is 28.4 Å². The second-order valence-corrected chi connectivity index (χ2v) is 8.80. The van der Waals surface area contributed by atoms with Crippen molar-refractivity contribution in [3.05, 3.63) is 42.1 Å². The molecule has 34 heavy (non-hydrogen) atoms. The highest BCUT2D eigenvalue weighted by molar-refractivity contribution is 6.06. The van der Waals surface area contributed by atoms with Crippen LogP contribution in [-0.2, 0) is 16.1 Å². The fourth-order valence-electron chi connectivity index (χ4n) is 4.72. The summed E-state index contributed by atoms with van der Waals surface area (Å²) in [7, 11) is 0. The number of aryl methyl sites for hydroxylation is 1. The van der Waals surface area contributed by atoms with E-state index in [1.54, 1.807) is 37.5 Å². The first-order valence-electron chi connectivity index (χ1n) is 10.8. The summed E-state index contributed by atoms with van der Waals surface area (Å²) in [5.41, 5.74) is 2.12. The Hall–Kier alpha value is -3.63. The van der Waals surface area contributed by atoms with Gasteiger partial charge >= 0.3 is 12.1 Å². The lowest BCUT2D eigenvalue weighted by Crippen LogP contribution is -2.49. The first-order chi connectivity index (χ1) is 16.0. The molecule has 1 saturated carbocycles. The molecule has 0 N–H and O–H groups in total. The fraction of sp³-hybridized carbons (Fsp3) is 0.391. The van der Waals surface area contributed by atoms with Gasteiger partial charge in [0, 0.05) is 36.3 Å². The summed E-state index contributed by atoms with van der Waals surface area (Å²) in [5.74, 6) is -2.30. The van der Waals surface area contributed by atoms with E-state index in [9.17, 15) is 27.6 Å². The third-order valence-corrected chi connectivity index (χ3v) is 6.46. The number of amides is 1. The molecule has 0 bridgehead atoms. The van der Waals surface area contributed by atoms with E-state index in [4.69, 9.17) is 0 Å². The molecule has 8 nitrogen and oxygen atoms in total. The van der Waals surface area contributed by atoms with E-state index in [-0.39, 0.29) is 30.4 Å². The maximum atomic E-state index is 13.1. The summed E-state index contributed by atoms with van der Waals surface area (Å²) in [6.45, 7) is 2.77. The normalized spacial score (nSPS) is 21.6. The molecule has 1 amide bonds. The highest BCUT2D eigenvalue weighted by Gasteiger charge is 2.60. The van der Waals surface area contributed by atoms with Gasteiger partial charge < -0.3 is 4.90 Å². The highest BCUT2D eigenvalue weighted by Crippen LogP contribution is 2.49. The number of piperidine rings is 1. The molecule has 3 atom stereocenters. The lowest BCUT2D eigenvalue weighted by molar-refractivity contribution is -0.188. The Labute approximate surface area is 191 Å². The molecule has 0 spiro atoms. The third kappa shape index (κ3) is 3.74. The summed E-state index contributed by atoms with van der Waals surface area (Å²) >= 11 is 0. The van der Waals surface area contributed by atoms with Gasteiger partial charge in [0.2, 0.25) is 0 Å². The second kappa shape index (κ2) is 7.71. The van der Waals surface area contributed by atoms with E-state index in [1.807, 2.05) is 0 Å².